The van der Waals surface area contributed by atoms with Gasteiger partial charge in [0.25, 0.3) is 0 Å². The summed E-state index contributed by atoms with van der Waals surface area (Å²) in [6.07, 6.45) is 0. The number of halogens is 2. The highest BCUT2D eigenvalue weighted by Crippen LogP contribution is 2.32. The maximum absolute atomic E-state index is 13.6. The summed E-state index contributed by atoms with van der Waals surface area (Å²) >= 11 is 6.01. The predicted molar refractivity (Wildman–Crippen MR) is 59.6 cm³/mol. The number of nitrogens with two attached hydrogens (primary N) is 1. The number of hydrogen-bond donors (Lipinski definition) is 1. The number of hydrogen-bond acceptors (Lipinski definition) is 2. The van der Waals surface area contributed by atoms with E-state index in [2.05, 4.69) is 4.90 Å². The maximum Gasteiger partial charge on any atom is 0.128 e. The minimum absolute atomic E-state index is 0.00343. The highest BCUT2D eigenvalue weighted by Gasteiger charge is 2.32. The van der Waals surface area contributed by atoms with E-state index in [1.165, 1.54) is 6.07 Å². The fourth-order valence-electron chi connectivity index (χ4n) is 2.20. The minimum atomic E-state index is -0.252. The average Bonchev–Trinajstić information content (AvgIpc) is 2.45. The van der Waals surface area contributed by atoms with Crippen LogP contribution in [0.5, 0.6) is 0 Å². The van der Waals surface area contributed by atoms with Crippen molar-refractivity contribution >= 4 is 11.6 Å². The summed E-state index contributed by atoms with van der Waals surface area (Å²) in [5, 5.41) is 0.478. The van der Waals surface area contributed by atoms with Crippen LogP contribution in [0.2, 0.25) is 5.02 Å². The number of likely N-dealkylation sites (N-methyl/N-ethyl adjacent to an activating group) is 1. The van der Waals surface area contributed by atoms with Crippen molar-refractivity contribution in [2.24, 2.45) is 5.73 Å². The molecule has 1 aliphatic heterocycles. The van der Waals surface area contributed by atoms with Crippen LogP contribution >= 0.6 is 11.6 Å². The number of nitrogens with zero attached hydrogens (tertiary/aromatic N) is 1. The number of benzene rings is 1. The van der Waals surface area contributed by atoms with Gasteiger partial charge in [0.2, 0.25) is 0 Å². The normalized spacial score (nSPS) is 27.2. The van der Waals surface area contributed by atoms with Crippen molar-refractivity contribution in [1.82, 2.24) is 4.90 Å². The Bertz CT molecular complexity index is 349. The molecule has 1 aromatic carbocycles. The van der Waals surface area contributed by atoms with Crippen molar-refractivity contribution in [3.05, 3.63) is 34.6 Å². The van der Waals surface area contributed by atoms with E-state index >= 15 is 0 Å². The maximum atomic E-state index is 13.6. The number of likely N-dealkylation sites (tertiary alicyclic amines) is 1. The van der Waals surface area contributed by atoms with Crippen molar-refractivity contribution in [3.8, 4) is 0 Å². The van der Waals surface area contributed by atoms with Gasteiger partial charge in [0.15, 0.2) is 0 Å². The quantitative estimate of drug-likeness (QED) is 0.795. The van der Waals surface area contributed by atoms with Crippen LogP contribution < -0.4 is 5.73 Å². The molecule has 2 rings (SSSR count). The third-order valence-electron chi connectivity index (χ3n) is 2.92. The highest BCUT2D eigenvalue weighted by molar-refractivity contribution is 6.31. The lowest BCUT2D eigenvalue weighted by molar-refractivity contribution is 0.406. The standard InChI is InChI=1S/C11H14ClFN2/c1-15-5-7(10(14)6-15)11-8(12)3-2-4-9(11)13/h2-4,7,10H,5-6,14H2,1H3/t7-,10+/m0/s1. The van der Waals surface area contributed by atoms with E-state index in [-0.39, 0.29) is 17.8 Å². The van der Waals surface area contributed by atoms with Crippen LogP contribution in [0.1, 0.15) is 11.5 Å². The smallest absolute Gasteiger partial charge is 0.128 e. The Morgan fingerprint density at radius 3 is 2.73 bits per heavy atom. The van der Waals surface area contributed by atoms with Crippen LogP contribution in [0.15, 0.2) is 18.2 Å². The Labute approximate surface area is 93.8 Å². The molecule has 0 unspecified atom stereocenters. The first-order valence-corrected chi connectivity index (χ1v) is 5.35. The van der Waals surface area contributed by atoms with E-state index in [1.807, 2.05) is 7.05 Å². The summed E-state index contributed by atoms with van der Waals surface area (Å²) in [7, 11) is 1.98. The molecule has 1 fully saturated rings. The van der Waals surface area contributed by atoms with Gasteiger partial charge in [0, 0.05) is 35.6 Å². The molecule has 1 aliphatic rings. The molecular formula is C11H14ClFN2. The third-order valence-corrected chi connectivity index (χ3v) is 3.25. The van der Waals surface area contributed by atoms with Crippen LogP contribution in [0.25, 0.3) is 0 Å². The zero-order chi connectivity index (χ0) is 11.0. The largest absolute Gasteiger partial charge is 0.326 e. The van der Waals surface area contributed by atoms with Crippen LogP contribution in [-0.2, 0) is 0 Å². The van der Waals surface area contributed by atoms with Crippen LogP contribution in [0, 0.1) is 5.82 Å². The average molecular weight is 229 g/mol. The lowest BCUT2D eigenvalue weighted by Crippen LogP contribution is -2.28. The topological polar surface area (TPSA) is 29.3 Å². The predicted octanol–water partition coefficient (Wildman–Crippen LogP) is 1.84. The molecule has 0 bridgehead atoms. The Balaban J connectivity index is 2.37. The molecule has 0 radical (unpaired) electrons. The first-order chi connectivity index (χ1) is 7.09. The van der Waals surface area contributed by atoms with Crippen LogP contribution in [0.4, 0.5) is 4.39 Å². The summed E-state index contributed by atoms with van der Waals surface area (Å²) in [4.78, 5) is 2.10. The van der Waals surface area contributed by atoms with Gasteiger partial charge in [-0.1, -0.05) is 17.7 Å². The molecule has 1 aromatic rings. The van der Waals surface area contributed by atoms with Crippen molar-refractivity contribution in [3.63, 3.8) is 0 Å². The van der Waals surface area contributed by atoms with E-state index in [4.69, 9.17) is 17.3 Å². The molecule has 0 spiro atoms. The highest BCUT2D eigenvalue weighted by atomic mass is 35.5. The van der Waals surface area contributed by atoms with Gasteiger partial charge in [-0.2, -0.15) is 0 Å². The van der Waals surface area contributed by atoms with E-state index in [0.717, 1.165) is 13.1 Å². The fraction of sp³-hybridized carbons (Fsp3) is 0.455. The molecule has 0 saturated carbocycles. The van der Waals surface area contributed by atoms with Crippen molar-refractivity contribution < 1.29 is 4.39 Å². The van der Waals surface area contributed by atoms with Crippen molar-refractivity contribution in [2.75, 3.05) is 20.1 Å². The van der Waals surface area contributed by atoms with Crippen LogP contribution in [-0.4, -0.2) is 31.1 Å². The van der Waals surface area contributed by atoms with E-state index < -0.39 is 0 Å². The van der Waals surface area contributed by atoms with Gasteiger partial charge in [0.1, 0.15) is 5.82 Å². The second kappa shape index (κ2) is 4.08. The Kier molecular flexibility index (Phi) is 2.96. The molecule has 2 nitrogen and oxygen atoms in total. The van der Waals surface area contributed by atoms with Gasteiger partial charge in [-0.05, 0) is 19.2 Å². The first kappa shape index (κ1) is 10.9. The number of rotatable bonds is 1. The Hall–Kier alpha value is -0.640. The molecule has 0 amide bonds. The molecule has 2 atom stereocenters. The van der Waals surface area contributed by atoms with Gasteiger partial charge >= 0.3 is 0 Å². The SMILES string of the molecule is CN1C[C@@H](N)[C@@H](c2c(F)cccc2Cl)C1. The van der Waals surface area contributed by atoms with Gasteiger partial charge in [0.05, 0.1) is 0 Å². The molecular weight excluding hydrogens is 215 g/mol. The lowest BCUT2D eigenvalue weighted by atomic mass is 9.94. The van der Waals surface area contributed by atoms with E-state index in [0.29, 0.717) is 10.6 Å². The monoisotopic (exact) mass is 228 g/mol. The van der Waals surface area contributed by atoms with Gasteiger partial charge < -0.3 is 10.6 Å². The fourth-order valence-corrected chi connectivity index (χ4v) is 2.51. The molecule has 82 valence electrons. The van der Waals surface area contributed by atoms with Gasteiger partial charge in [-0.25, -0.2) is 4.39 Å². The molecule has 0 aliphatic carbocycles. The summed E-state index contributed by atoms with van der Waals surface area (Å²) in [5.74, 6) is -0.248. The molecule has 1 heterocycles. The third kappa shape index (κ3) is 2.00. The van der Waals surface area contributed by atoms with E-state index in [9.17, 15) is 4.39 Å². The van der Waals surface area contributed by atoms with Crippen molar-refractivity contribution in [2.45, 2.75) is 12.0 Å². The summed E-state index contributed by atoms with van der Waals surface area (Å²) in [6.45, 7) is 1.55. The second-order valence-corrected chi connectivity index (χ2v) is 4.53. The summed E-state index contributed by atoms with van der Waals surface area (Å²) < 4.78 is 13.6. The summed E-state index contributed by atoms with van der Waals surface area (Å²) in [5.41, 5.74) is 6.54. The van der Waals surface area contributed by atoms with Gasteiger partial charge in [-0.15, -0.1) is 0 Å². The molecule has 0 aromatic heterocycles. The zero-order valence-electron chi connectivity index (χ0n) is 8.58. The van der Waals surface area contributed by atoms with Crippen molar-refractivity contribution in [1.29, 1.82) is 0 Å². The minimum Gasteiger partial charge on any atom is -0.326 e. The molecule has 15 heavy (non-hydrogen) atoms. The van der Waals surface area contributed by atoms with Gasteiger partial charge in [-0.3, -0.25) is 0 Å². The second-order valence-electron chi connectivity index (χ2n) is 4.13. The lowest BCUT2D eigenvalue weighted by Gasteiger charge is -2.16. The van der Waals surface area contributed by atoms with Crippen LogP contribution in [0.3, 0.4) is 0 Å². The molecule has 4 heteroatoms. The zero-order valence-corrected chi connectivity index (χ0v) is 9.34. The Morgan fingerprint density at radius 1 is 1.47 bits per heavy atom. The summed E-state index contributed by atoms with van der Waals surface area (Å²) in [6, 6.07) is 4.73. The molecule has 2 N–H and O–H groups in total. The first-order valence-electron chi connectivity index (χ1n) is 4.97. The van der Waals surface area contributed by atoms with E-state index in [1.54, 1.807) is 12.1 Å². The Morgan fingerprint density at radius 2 is 2.20 bits per heavy atom. The molecule has 1 saturated heterocycles.